The second kappa shape index (κ2) is 9.35. The van der Waals surface area contributed by atoms with Gasteiger partial charge in [-0.1, -0.05) is 26.0 Å². The smallest absolute Gasteiger partial charge is 0.338 e. The Bertz CT molecular complexity index is 935. The van der Waals surface area contributed by atoms with Crippen LogP contribution in [0.4, 0.5) is 11.4 Å². The van der Waals surface area contributed by atoms with Crippen molar-refractivity contribution in [3.8, 4) is 0 Å². The molecule has 0 spiro atoms. The maximum atomic E-state index is 12.2. The van der Waals surface area contributed by atoms with E-state index in [1.54, 1.807) is 0 Å². The molecular weight excluding hydrogens is 384 g/mol. The second-order valence-corrected chi connectivity index (χ2v) is 7.23. The van der Waals surface area contributed by atoms with Crippen LogP contribution in [0.25, 0.3) is 0 Å². The van der Waals surface area contributed by atoms with E-state index in [-0.39, 0.29) is 30.2 Å². The van der Waals surface area contributed by atoms with Gasteiger partial charge in [-0.3, -0.25) is 19.3 Å². The number of hydrogen-bond donors (Lipinski definition) is 1. The first-order valence-corrected chi connectivity index (χ1v) is 9.91. The summed E-state index contributed by atoms with van der Waals surface area (Å²) in [6.07, 6.45) is 1.42. The summed E-state index contributed by atoms with van der Waals surface area (Å²) >= 11 is 0. The molecule has 0 aliphatic carbocycles. The van der Waals surface area contributed by atoms with Gasteiger partial charge in [0.05, 0.1) is 11.3 Å². The van der Waals surface area contributed by atoms with Crippen LogP contribution in [0.2, 0.25) is 0 Å². The Balaban J connectivity index is 1.52. The van der Waals surface area contributed by atoms with Gasteiger partial charge in [0.1, 0.15) is 0 Å². The highest BCUT2D eigenvalue weighted by Crippen LogP contribution is 2.23. The predicted molar refractivity (Wildman–Crippen MR) is 112 cm³/mol. The Morgan fingerprint density at radius 2 is 1.60 bits per heavy atom. The van der Waals surface area contributed by atoms with E-state index in [9.17, 15) is 19.2 Å². The molecule has 1 saturated heterocycles. The number of hydrogen-bond acceptors (Lipinski definition) is 5. The van der Waals surface area contributed by atoms with E-state index in [1.807, 2.05) is 24.3 Å². The third kappa shape index (κ3) is 4.92. The van der Waals surface area contributed by atoms with Gasteiger partial charge in [0.25, 0.3) is 5.91 Å². The Kier molecular flexibility index (Phi) is 6.61. The summed E-state index contributed by atoms with van der Waals surface area (Å²) in [5.41, 5.74) is 2.47. The third-order valence-corrected chi connectivity index (χ3v) is 5.12. The normalized spacial score (nSPS) is 14.5. The van der Waals surface area contributed by atoms with Gasteiger partial charge in [-0.05, 0) is 54.3 Å². The molecule has 1 N–H and O–H groups in total. The molecule has 1 aliphatic heterocycles. The highest BCUT2D eigenvalue weighted by molar-refractivity contribution is 6.19. The zero-order chi connectivity index (χ0) is 21.7. The van der Waals surface area contributed by atoms with Crippen molar-refractivity contribution in [1.82, 2.24) is 0 Å². The molecule has 0 saturated carbocycles. The lowest BCUT2D eigenvalue weighted by atomic mass is 9.99. The number of amides is 3. The number of esters is 1. The summed E-state index contributed by atoms with van der Waals surface area (Å²) in [6.45, 7) is 3.84. The van der Waals surface area contributed by atoms with E-state index in [0.717, 1.165) is 11.3 Å². The Hall–Kier alpha value is -3.48. The fraction of sp³-hybridized carbons (Fsp3) is 0.304. The van der Waals surface area contributed by atoms with Gasteiger partial charge in [0.15, 0.2) is 6.61 Å². The molecule has 0 bridgehead atoms. The lowest BCUT2D eigenvalue weighted by Crippen LogP contribution is -2.28. The zero-order valence-electron chi connectivity index (χ0n) is 17.0. The molecule has 1 atom stereocenters. The largest absolute Gasteiger partial charge is 0.452 e. The summed E-state index contributed by atoms with van der Waals surface area (Å²) in [5.74, 6) is -1.18. The van der Waals surface area contributed by atoms with Gasteiger partial charge in [0.2, 0.25) is 11.8 Å². The average Bonchev–Trinajstić information content (AvgIpc) is 3.10. The Morgan fingerprint density at radius 1 is 1.00 bits per heavy atom. The Morgan fingerprint density at radius 3 is 2.17 bits per heavy atom. The molecule has 2 aromatic rings. The number of nitrogens with zero attached hydrogens (tertiary/aromatic N) is 1. The molecule has 0 aromatic heterocycles. The van der Waals surface area contributed by atoms with E-state index in [4.69, 9.17) is 4.74 Å². The molecule has 1 heterocycles. The first-order chi connectivity index (χ1) is 14.4. The number of anilines is 2. The average molecular weight is 408 g/mol. The van der Waals surface area contributed by atoms with Crippen molar-refractivity contribution in [2.45, 2.75) is 39.0 Å². The van der Waals surface area contributed by atoms with E-state index in [0.29, 0.717) is 17.3 Å². The van der Waals surface area contributed by atoms with Crippen molar-refractivity contribution in [3.63, 3.8) is 0 Å². The van der Waals surface area contributed by atoms with Gasteiger partial charge >= 0.3 is 5.97 Å². The molecule has 1 aliphatic rings. The van der Waals surface area contributed by atoms with Crippen LogP contribution in [0, 0.1) is 0 Å². The molecule has 1 fully saturated rings. The zero-order valence-corrected chi connectivity index (χ0v) is 17.0. The lowest BCUT2D eigenvalue weighted by molar-refractivity contribution is -0.121. The topological polar surface area (TPSA) is 92.8 Å². The summed E-state index contributed by atoms with van der Waals surface area (Å²) < 4.78 is 5.05. The number of ether oxygens (including phenoxy) is 1. The summed E-state index contributed by atoms with van der Waals surface area (Å²) in [4.78, 5) is 48.9. The van der Waals surface area contributed by atoms with Gasteiger partial charge in [-0.2, -0.15) is 0 Å². The number of carbonyl (C=O) groups excluding carboxylic acids is 4. The van der Waals surface area contributed by atoms with Crippen molar-refractivity contribution in [1.29, 1.82) is 0 Å². The van der Waals surface area contributed by atoms with Crippen molar-refractivity contribution in [2.24, 2.45) is 0 Å². The number of nitrogens with one attached hydrogen (secondary N) is 1. The maximum absolute atomic E-state index is 12.2. The number of rotatable bonds is 7. The van der Waals surface area contributed by atoms with E-state index in [2.05, 4.69) is 19.2 Å². The second-order valence-electron chi connectivity index (χ2n) is 7.23. The van der Waals surface area contributed by atoms with E-state index >= 15 is 0 Å². The number of benzene rings is 2. The standard InChI is InChI=1S/C23H24N2O5/c1-3-15(2)16-4-8-18(9-5-16)24-20(26)14-30-23(29)17-6-10-19(11-7-17)25-21(27)12-13-22(25)28/h4-11,15H,3,12-14H2,1-2H3,(H,24,26)/t15-/m0/s1. The quantitative estimate of drug-likeness (QED) is 0.558. The first kappa shape index (κ1) is 21.2. The van der Waals surface area contributed by atoms with Crippen LogP contribution in [-0.4, -0.2) is 30.3 Å². The van der Waals surface area contributed by atoms with Gasteiger partial charge in [-0.15, -0.1) is 0 Å². The molecular formula is C23H24N2O5. The van der Waals surface area contributed by atoms with Crippen LogP contribution in [0.5, 0.6) is 0 Å². The van der Waals surface area contributed by atoms with E-state index < -0.39 is 18.5 Å². The van der Waals surface area contributed by atoms with Gasteiger partial charge in [-0.25, -0.2) is 4.79 Å². The number of imide groups is 1. The molecule has 2 aromatic carbocycles. The molecule has 0 unspecified atom stereocenters. The van der Waals surface area contributed by atoms with Crippen molar-refractivity contribution < 1.29 is 23.9 Å². The summed E-state index contributed by atoms with van der Waals surface area (Å²) in [7, 11) is 0. The molecule has 3 amide bonds. The van der Waals surface area contributed by atoms with Crippen LogP contribution in [0.1, 0.15) is 54.9 Å². The van der Waals surface area contributed by atoms with Crippen LogP contribution >= 0.6 is 0 Å². The molecule has 7 heteroatoms. The SMILES string of the molecule is CC[C@H](C)c1ccc(NC(=O)COC(=O)c2ccc(N3C(=O)CCC3=O)cc2)cc1. The van der Waals surface area contributed by atoms with Crippen molar-refractivity contribution in [3.05, 3.63) is 59.7 Å². The minimum absolute atomic E-state index is 0.193. The fourth-order valence-electron chi connectivity index (χ4n) is 3.15. The molecule has 156 valence electrons. The molecule has 7 nitrogen and oxygen atoms in total. The predicted octanol–water partition coefficient (Wildman–Crippen LogP) is 3.65. The Labute approximate surface area is 175 Å². The summed E-state index contributed by atoms with van der Waals surface area (Å²) in [5, 5.41) is 2.69. The summed E-state index contributed by atoms with van der Waals surface area (Å²) in [6, 6.07) is 13.5. The van der Waals surface area contributed by atoms with E-state index in [1.165, 1.54) is 29.8 Å². The lowest BCUT2D eigenvalue weighted by Gasteiger charge is -2.14. The highest BCUT2D eigenvalue weighted by Gasteiger charge is 2.30. The van der Waals surface area contributed by atoms with Gasteiger partial charge in [0, 0.05) is 18.5 Å². The van der Waals surface area contributed by atoms with Gasteiger partial charge < -0.3 is 10.1 Å². The van der Waals surface area contributed by atoms with Crippen molar-refractivity contribution >= 4 is 35.1 Å². The molecule has 3 rings (SSSR count). The van der Waals surface area contributed by atoms with Crippen LogP contribution < -0.4 is 10.2 Å². The van der Waals surface area contributed by atoms with Crippen LogP contribution in [0.3, 0.4) is 0 Å². The maximum Gasteiger partial charge on any atom is 0.338 e. The van der Waals surface area contributed by atoms with Crippen LogP contribution in [-0.2, 0) is 19.1 Å². The fourth-order valence-corrected chi connectivity index (χ4v) is 3.15. The monoisotopic (exact) mass is 408 g/mol. The highest BCUT2D eigenvalue weighted by atomic mass is 16.5. The number of carbonyl (C=O) groups is 4. The minimum atomic E-state index is -0.664. The minimum Gasteiger partial charge on any atom is -0.452 e. The van der Waals surface area contributed by atoms with Crippen LogP contribution in [0.15, 0.2) is 48.5 Å². The third-order valence-electron chi connectivity index (χ3n) is 5.12. The van der Waals surface area contributed by atoms with Crippen molar-refractivity contribution in [2.75, 3.05) is 16.8 Å². The molecule has 30 heavy (non-hydrogen) atoms. The first-order valence-electron chi connectivity index (χ1n) is 9.91. The molecule has 0 radical (unpaired) electrons.